The SMILES string of the molecule is CCCCCCCCCC/C=C\CCCCCCCCCCCCCCCCCCCCCCCCCC(=O)NC(COP(=O)(O)OCC[N+](C)(C)C)C(O)/C=C/CC/C=C/CC/C=C/CCCCCCCCCCCCC. The maximum Gasteiger partial charge on any atom is 0.472 e. The predicted molar refractivity (Wildman–Crippen MR) is 341 cm³/mol. The minimum atomic E-state index is -4.36. The van der Waals surface area contributed by atoms with Gasteiger partial charge in [-0.25, -0.2) is 4.57 Å². The molecule has 0 aromatic carbocycles. The molecule has 0 rings (SSSR count). The number of aliphatic hydroxyl groups is 1. The molecule has 0 heterocycles. The van der Waals surface area contributed by atoms with Gasteiger partial charge in [0.15, 0.2) is 0 Å². The van der Waals surface area contributed by atoms with Gasteiger partial charge in [-0.2, -0.15) is 0 Å². The average molecular weight is 1120 g/mol. The van der Waals surface area contributed by atoms with E-state index in [1.807, 2.05) is 27.2 Å². The molecule has 3 atom stereocenters. The number of rotatable bonds is 63. The number of quaternary nitrogens is 1. The lowest BCUT2D eigenvalue weighted by Gasteiger charge is -2.25. The van der Waals surface area contributed by atoms with Gasteiger partial charge in [0.05, 0.1) is 39.9 Å². The zero-order chi connectivity index (χ0) is 57.0. The number of nitrogens with zero attached hydrogens (tertiary/aromatic N) is 1. The fraction of sp³-hybridized carbons (Fsp3) is 0.870. The number of hydrogen-bond donors (Lipinski definition) is 3. The molecule has 0 aromatic rings. The van der Waals surface area contributed by atoms with E-state index in [0.29, 0.717) is 17.4 Å². The Morgan fingerprint density at radius 3 is 1.03 bits per heavy atom. The quantitative estimate of drug-likeness (QED) is 0.0243. The summed E-state index contributed by atoms with van der Waals surface area (Å²) in [5.74, 6) is -0.185. The van der Waals surface area contributed by atoms with Crippen LogP contribution in [0.1, 0.15) is 335 Å². The highest BCUT2D eigenvalue weighted by molar-refractivity contribution is 7.47. The molecule has 0 spiro atoms. The summed E-state index contributed by atoms with van der Waals surface area (Å²) in [5.41, 5.74) is 0. The van der Waals surface area contributed by atoms with Crippen LogP contribution in [-0.4, -0.2) is 73.4 Å². The lowest BCUT2D eigenvalue weighted by atomic mass is 10.0. The molecule has 0 fully saturated rings. The summed E-state index contributed by atoms with van der Waals surface area (Å²) < 4.78 is 23.8. The summed E-state index contributed by atoms with van der Waals surface area (Å²) in [4.78, 5) is 23.4. The first-order valence-electron chi connectivity index (χ1n) is 34.0. The highest BCUT2D eigenvalue weighted by atomic mass is 31.2. The van der Waals surface area contributed by atoms with E-state index in [4.69, 9.17) is 9.05 Å². The van der Waals surface area contributed by atoms with Crippen LogP contribution >= 0.6 is 7.82 Å². The van der Waals surface area contributed by atoms with Gasteiger partial charge in [-0.3, -0.25) is 13.8 Å². The molecule has 0 saturated carbocycles. The normalized spacial score (nSPS) is 14.0. The van der Waals surface area contributed by atoms with Crippen molar-refractivity contribution in [3.63, 3.8) is 0 Å². The zero-order valence-corrected chi connectivity index (χ0v) is 53.6. The molecule has 0 bridgehead atoms. The van der Waals surface area contributed by atoms with E-state index in [-0.39, 0.29) is 19.1 Å². The number of carbonyl (C=O) groups excluding carboxylic acids is 1. The van der Waals surface area contributed by atoms with Crippen molar-refractivity contribution in [3.8, 4) is 0 Å². The molecule has 1 amide bonds. The molecule has 0 aliphatic heterocycles. The fourth-order valence-corrected chi connectivity index (χ4v) is 10.9. The Kier molecular flexibility index (Phi) is 58.9. The van der Waals surface area contributed by atoms with Crippen LogP contribution < -0.4 is 5.32 Å². The molecule has 8 nitrogen and oxygen atoms in total. The van der Waals surface area contributed by atoms with E-state index in [9.17, 15) is 19.4 Å². The number of allylic oxidation sites excluding steroid dienone is 7. The monoisotopic (exact) mass is 1120 g/mol. The van der Waals surface area contributed by atoms with Crippen molar-refractivity contribution in [3.05, 3.63) is 48.6 Å². The van der Waals surface area contributed by atoms with Gasteiger partial charge in [-0.05, 0) is 70.6 Å². The lowest BCUT2D eigenvalue weighted by molar-refractivity contribution is -0.870. The number of hydrogen-bond acceptors (Lipinski definition) is 5. The first-order chi connectivity index (χ1) is 38.0. The Balaban J connectivity index is 4.04. The third kappa shape index (κ3) is 62.1. The summed E-state index contributed by atoms with van der Waals surface area (Å²) in [6.45, 7) is 4.83. The standard InChI is InChI=1S/C69H133N2O6P/c1-6-8-10-12-14-16-18-20-22-24-26-28-29-30-31-32-33-34-35-36-37-38-39-40-41-43-45-47-49-51-53-55-57-59-61-63-69(73)70-67(66-77-78(74,75)76-65-64-71(3,4)5)68(72)62-60-58-56-54-52-50-48-46-44-42-27-25-23-21-19-17-15-13-11-9-7-2/h24,26,44,46,52,54,60,62,67-68,72H,6-23,25,27-43,45,47-51,53,55-59,61,63-66H2,1-5H3,(H-,70,73,74,75)/p+1/b26-24-,46-44+,54-52+,62-60+. The molecule has 3 N–H and O–H groups in total. The van der Waals surface area contributed by atoms with E-state index in [2.05, 4.69) is 55.6 Å². The van der Waals surface area contributed by atoms with Gasteiger partial charge in [0.1, 0.15) is 13.2 Å². The smallest absolute Gasteiger partial charge is 0.387 e. The van der Waals surface area contributed by atoms with E-state index in [1.54, 1.807) is 6.08 Å². The molecule has 9 heteroatoms. The Hall–Kier alpha value is -1.54. The summed E-state index contributed by atoms with van der Waals surface area (Å²) in [6, 6.07) is -0.870. The second-order valence-electron chi connectivity index (χ2n) is 24.5. The molecule has 0 aliphatic rings. The highest BCUT2D eigenvalue weighted by Gasteiger charge is 2.28. The van der Waals surface area contributed by atoms with Gasteiger partial charge >= 0.3 is 7.82 Å². The van der Waals surface area contributed by atoms with Crippen LogP contribution in [0.15, 0.2) is 48.6 Å². The molecule has 0 saturated heterocycles. The third-order valence-corrected chi connectivity index (χ3v) is 16.5. The molecular weight excluding hydrogens is 984 g/mol. The maximum atomic E-state index is 13.0. The number of phosphoric ester groups is 1. The number of unbranched alkanes of at least 4 members (excludes halogenated alkanes) is 44. The topological polar surface area (TPSA) is 105 Å². The Morgan fingerprint density at radius 1 is 0.423 bits per heavy atom. The van der Waals surface area contributed by atoms with Gasteiger partial charge in [0.2, 0.25) is 5.91 Å². The van der Waals surface area contributed by atoms with Crippen molar-refractivity contribution >= 4 is 13.7 Å². The van der Waals surface area contributed by atoms with Crippen molar-refractivity contribution < 1.29 is 32.9 Å². The Labute approximate surface area is 486 Å². The summed E-state index contributed by atoms with van der Waals surface area (Å²) >= 11 is 0. The van der Waals surface area contributed by atoms with E-state index < -0.39 is 20.0 Å². The van der Waals surface area contributed by atoms with Gasteiger partial charge in [-0.1, -0.05) is 306 Å². The van der Waals surface area contributed by atoms with Crippen molar-refractivity contribution in [2.75, 3.05) is 40.9 Å². The molecule has 0 aromatic heterocycles. The van der Waals surface area contributed by atoms with Crippen LogP contribution in [0.2, 0.25) is 0 Å². The third-order valence-electron chi connectivity index (χ3n) is 15.5. The minimum Gasteiger partial charge on any atom is -0.387 e. The summed E-state index contributed by atoms with van der Waals surface area (Å²) in [6.07, 6.45) is 81.2. The van der Waals surface area contributed by atoms with Gasteiger partial charge in [0.25, 0.3) is 0 Å². The maximum absolute atomic E-state index is 13.0. The van der Waals surface area contributed by atoms with Crippen LogP contribution in [0.5, 0.6) is 0 Å². The van der Waals surface area contributed by atoms with E-state index in [0.717, 1.165) is 44.9 Å². The lowest BCUT2D eigenvalue weighted by Crippen LogP contribution is -2.45. The predicted octanol–water partition coefficient (Wildman–Crippen LogP) is 21.4. The van der Waals surface area contributed by atoms with Gasteiger partial charge in [0, 0.05) is 6.42 Å². The highest BCUT2D eigenvalue weighted by Crippen LogP contribution is 2.43. The van der Waals surface area contributed by atoms with Crippen molar-refractivity contribution in [2.24, 2.45) is 0 Å². The summed E-state index contributed by atoms with van der Waals surface area (Å²) in [7, 11) is 1.56. The van der Waals surface area contributed by atoms with Crippen LogP contribution in [-0.2, 0) is 18.4 Å². The summed E-state index contributed by atoms with van der Waals surface area (Å²) in [5, 5.41) is 14.0. The van der Waals surface area contributed by atoms with Crippen molar-refractivity contribution in [1.82, 2.24) is 5.32 Å². The molecule has 0 radical (unpaired) electrons. The number of likely N-dealkylation sites (N-methyl/N-ethyl adjacent to an activating group) is 1. The van der Waals surface area contributed by atoms with E-state index in [1.165, 1.54) is 270 Å². The molecule has 3 unspecified atom stereocenters. The fourth-order valence-electron chi connectivity index (χ4n) is 10.2. The second-order valence-corrected chi connectivity index (χ2v) is 26.0. The number of aliphatic hydroxyl groups excluding tert-OH is 1. The van der Waals surface area contributed by atoms with Crippen LogP contribution in [0.3, 0.4) is 0 Å². The Bertz CT molecular complexity index is 1410. The van der Waals surface area contributed by atoms with Crippen molar-refractivity contribution in [1.29, 1.82) is 0 Å². The molecule has 460 valence electrons. The number of amides is 1. The molecular formula is C69H134N2O6P+. The van der Waals surface area contributed by atoms with Crippen LogP contribution in [0.25, 0.3) is 0 Å². The largest absolute Gasteiger partial charge is 0.472 e. The minimum absolute atomic E-state index is 0.0545. The number of nitrogens with one attached hydrogen (secondary N) is 1. The van der Waals surface area contributed by atoms with Crippen LogP contribution in [0, 0.1) is 0 Å². The first-order valence-corrected chi connectivity index (χ1v) is 35.5. The number of carbonyl (C=O) groups is 1. The van der Waals surface area contributed by atoms with Crippen LogP contribution in [0.4, 0.5) is 0 Å². The Morgan fingerprint density at radius 2 is 0.705 bits per heavy atom. The van der Waals surface area contributed by atoms with Gasteiger partial charge < -0.3 is 19.8 Å². The molecule has 0 aliphatic carbocycles. The van der Waals surface area contributed by atoms with Gasteiger partial charge in [-0.15, -0.1) is 0 Å². The number of phosphoric acid groups is 1. The average Bonchev–Trinajstić information content (AvgIpc) is 3.41. The second kappa shape index (κ2) is 60.1. The first kappa shape index (κ1) is 76.5. The van der Waals surface area contributed by atoms with Crippen molar-refractivity contribution in [2.45, 2.75) is 347 Å². The zero-order valence-electron chi connectivity index (χ0n) is 52.7. The van der Waals surface area contributed by atoms with E-state index >= 15 is 0 Å². The molecule has 78 heavy (non-hydrogen) atoms.